The molecule has 0 fully saturated rings. The van der Waals surface area contributed by atoms with Gasteiger partial charge in [0.25, 0.3) is 5.91 Å². The molecule has 3 rings (SSSR count). The van der Waals surface area contributed by atoms with Gasteiger partial charge >= 0.3 is 5.97 Å². The number of anilines is 1. The number of amides is 1. The molecule has 1 N–H and O–H groups in total. The third-order valence-electron chi connectivity index (χ3n) is 4.24. The van der Waals surface area contributed by atoms with Crippen LogP contribution in [0.5, 0.6) is 0 Å². The van der Waals surface area contributed by atoms with Gasteiger partial charge in [0, 0.05) is 5.56 Å². The number of ether oxygens (including phenoxy) is 1. The Kier molecular flexibility index (Phi) is 5.23. The van der Waals surface area contributed by atoms with Crippen LogP contribution in [0.3, 0.4) is 0 Å². The van der Waals surface area contributed by atoms with Gasteiger partial charge in [-0.15, -0.1) is 0 Å². The van der Waals surface area contributed by atoms with Crippen LogP contribution in [-0.4, -0.2) is 35.9 Å². The summed E-state index contributed by atoms with van der Waals surface area (Å²) in [7, 11) is 0. The van der Waals surface area contributed by atoms with Crippen molar-refractivity contribution in [1.82, 2.24) is 0 Å². The molecule has 0 spiro atoms. The number of fused-ring (bicyclic) bond motifs is 1. The Bertz CT molecular complexity index is 886. The molecule has 7 nitrogen and oxygen atoms in total. The third-order valence-corrected chi connectivity index (χ3v) is 4.24. The third kappa shape index (κ3) is 3.68. The van der Waals surface area contributed by atoms with Gasteiger partial charge in [0.15, 0.2) is 11.4 Å². The van der Waals surface area contributed by atoms with Crippen LogP contribution in [0, 0.1) is 0 Å². The summed E-state index contributed by atoms with van der Waals surface area (Å²) < 4.78 is 10.0. The van der Waals surface area contributed by atoms with Crippen LogP contribution in [0.4, 0.5) is 5.69 Å². The lowest BCUT2D eigenvalue weighted by atomic mass is 9.90. The number of allylic oxidation sites excluding steroid dienone is 1. The maximum absolute atomic E-state index is 12.9. The molecule has 140 valence electrons. The Morgan fingerprint density at radius 2 is 2.04 bits per heavy atom. The normalized spacial score (nSPS) is 18.7. The van der Waals surface area contributed by atoms with E-state index in [9.17, 15) is 19.5 Å². The molecule has 7 heteroatoms. The Hall–Kier alpha value is -3.19. The van der Waals surface area contributed by atoms with Crippen LogP contribution >= 0.6 is 0 Å². The Morgan fingerprint density at radius 3 is 2.74 bits per heavy atom. The van der Waals surface area contributed by atoms with Crippen molar-refractivity contribution in [2.24, 2.45) is 0 Å². The number of aliphatic hydroxyl groups is 1. The fraction of sp³-hybridized carbons (Fsp3) is 0.250. The second-order valence-corrected chi connectivity index (χ2v) is 6.07. The number of nitrogens with zero attached hydrogens (tertiary/aromatic N) is 1. The first kappa shape index (κ1) is 18.6. The molecule has 0 aliphatic carbocycles. The maximum atomic E-state index is 12.9. The van der Waals surface area contributed by atoms with E-state index in [-0.39, 0.29) is 13.2 Å². The van der Waals surface area contributed by atoms with E-state index >= 15 is 0 Å². The largest absolute Gasteiger partial charge is 0.465 e. The van der Waals surface area contributed by atoms with Gasteiger partial charge in [-0.1, -0.05) is 18.2 Å². The first-order valence-electron chi connectivity index (χ1n) is 8.49. The molecule has 0 radical (unpaired) electrons. The second-order valence-electron chi connectivity index (χ2n) is 6.07. The topological polar surface area (TPSA) is 97.0 Å². The molecular formula is C20H19NO6. The summed E-state index contributed by atoms with van der Waals surface area (Å²) in [6.45, 7) is 1.52. The van der Waals surface area contributed by atoms with Crippen LogP contribution in [0.25, 0.3) is 6.08 Å². The summed E-state index contributed by atoms with van der Waals surface area (Å²) in [5, 5.41) is 11.0. The minimum Gasteiger partial charge on any atom is -0.465 e. The van der Waals surface area contributed by atoms with E-state index in [0.717, 1.165) is 4.90 Å². The molecule has 1 amide bonds. The predicted molar refractivity (Wildman–Crippen MR) is 96.7 cm³/mol. The summed E-state index contributed by atoms with van der Waals surface area (Å²) in [6.07, 6.45) is 3.75. The van der Waals surface area contributed by atoms with Crippen molar-refractivity contribution in [2.45, 2.75) is 18.9 Å². The van der Waals surface area contributed by atoms with Crippen molar-refractivity contribution in [3.63, 3.8) is 0 Å². The number of rotatable bonds is 7. The van der Waals surface area contributed by atoms with Crippen molar-refractivity contribution in [3.8, 4) is 0 Å². The highest BCUT2D eigenvalue weighted by atomic mass is 16.5. The fourth-order valence-corrected chi connectivity index (χ4v) is 3.04. The van der Waals surface area contributed by atoms with Crippen LogP contribution in [0.2, 0.25) is 0 Å². The average molecular weight is 369 g/mol. The predicted octanol–water partition coefficient (Wildman–Crippen LogP) is 2.05. The highest BCUT2D eigenvalue weighted by molar-refractivity contribution is 6.11. The minimum absolute atomic E-state index is 0.183. The van der Waals surface area contributed by atoms with E-state index in [1.54, 1.807) is 43.3 Å². The number of furan rings is 1. The average Bonchev–Trinajstić information content (AvgIpc) is 3.23. The van der Waals surface area contributed by atoms with Gasteiger partial charge in [-0.2, -0.15) is 0 Å². The molecule has 2 heterocycles. The quantitative estimate of drug-likeness (QED) is 0.593. The number of ketones is 1. The number of esters is 1. The molecule has 1 aromatic heterocycles. The SMILES string of the molecule is CCOC(=O)CN1C(=O)C(O)(CC(=O)C=Cc2ccco2)c2ccccc21. The van der Waals surface area contributed by atoms with E-state index in [1.165, 1.54) is 18.4 Å². The van der Waals surface area contributed by atoms with Gasteiger partial charge in [-0.25, -0.2) is 0 Å². The Labute approximate surface area is 155 Å². The van der Waals surface area contributed by atoms with Gasteiger partial charge in [0.05, 0.1) is 25.0 Å². The summed E-state index contributed by atoms with van der Waals surface area (Å²) in [4.78, 5) is 38.2. The lowest BCUT2D eigenvalue weighted by Crippen LogP contribution is -2.43. The first-order valence-corrected chi connectivity index (χ1v) is 8.49. The van der Waals surface area contributed by atoms with Crippen molar-refractivity contribution in [2.75, 3.05) is 18.1 Å². The van der Waals surface area contributed by atoms with Gasteiger partial charge in [-0.3, -0.25) is 19.3 Å². The smallest absolute Gasteiger partial charge is 0.326 e. The zero-order valence-corrected chi connectivity index (χ0v) is 14.8. The number of para-hydroxylation sites is 1. The standard InChI is InChI=1S/C20H19NO6/c1-2-26-18(23)13-21-17-8-4-3-7-16(17)20(25,19(21)24)12-14(22)9-10-15-6-5-11-27-15/h3-11,25H,2,12-13H2,1H3. The second kappa shape index (κ2) is 7.59. The summed E-state index contributed by atoms with van der Waals surface area (Å²) >= 11 is 0. The molecule has 27 heavy (non-hydrogen) atoms. The van der Waals surface area contributed by atoms with E-state index < -0.39 is 29.7 Å². The van der Waals surface area contributed by atoms with E-state index in [1.807, 2.05) is 0 Å². The molecule has 1 aliphatic heterocycles. The zero-order valence-electron chi connectivity index (χ0n) is 14.8. The Morgan fingerprint density at radius 1 is 1.26 bits per heavy atom. The van der Waals surface area contributed by atoms with Gasteiger partial charge in [0.2, 0.25) is 0 Å². The molecule has 0 bridgehead atoms. The van der Waals surface area contributed by atoms with Crippen LogP contribution in [0.1, 0.15) is 24.7 Å². The molecule has 0 saturated carbocycles. The van der Waals surface area contributed by atoms with E-state index in [0.29, 0.717) is 17.0 Å². The maximum Gasteiger partial charge on any atom is 0.326 e. The van der Waals surface area contributed by atoms with Gasteiger partial charge < -0.3 is 14.3 Å². The minimum atomic E-state index is -2.03. The van der Waals surface area contributed by atoms with Gasteiger partial charge in [0.1, 0.15) is 12.3 Å². The number of hydrogen-bond donors (Lipinski definition) is 1. The lowest BCUT2D eigenvalue weighted by molar-refractivity contribution is -0.145. The molecule has 2 aromatic rings. The van der Waals surface area contributed by atoms with Crippen LogP contribution in [-0.2, 0) is 24.7 Å². The number of carbonyl (C=O) groups excluding carboxylic acids is 3. The molecule has 0 saturated heterocycles. The molecular weight excluding hydrogens is 350 g/mol. The number of hydrogen-bond acceptors (Lipinski definition) is 6. The highest BCUT2D eigenvalue weighted by Crippen LogP contribution is 2.42. The van der Waals surface area contributed by atoms with E-state index in [2.05, 4.69) is 0 Å². The van der Waals surface area contributed by atoms with Crippen LogP contribution in [0.15, 0.2) is 53.2 Å². The molecule has 1 unspecified atom stereocenters. The van der Waals surface area contributed by atoms with Crippen molar-refractivity contribution < 1.29 is 28.6 Å². The zero-order chi connectivity index (χ0) is 19.4. The summed E-state index contributed by atoms with van der Waals surface area (Å²) in [5.41, 5.74) is -1.35. The molecule has 1 aliphatic rings. The number of benzene rings is 1. The summed E-state index contributed by atoms with van der Waals surface area (Å²) in [5.74, 6) is -1.28. The van der Waals surface area contributed by atoms with E-state index in [4.69, 9.17) is 9.15 Å². The number of carbonyl (C=O) groups is 3. The lowest BCUT2D eigenvalue weighted by Gasteiger charge is -2.21. The molecule has 1 atom stereocenters. The molecule has 1 aromatic carbocycles. The highest BCUT2D eigenvalue weighted by Gasteiger charge is 2.50. The summed E-state index contributed by atoms with van der Waals surface area (Å²) in [6, 6.07) is 9.90. The van der Waals surface area contributed by atoms with Crippen molar-refractivity contribution in [1.29, 1.82) is 0 Å². The Balaban J connectivity index is 1.84. The van der Waals surface area contributed by atoms with Crippen LogP contribution < -0.4 is 4.90 Å². The van der Waals surface area contributed by atoms with Gasteiger partial charge in [-0.05, 0) is 37.3 Å². The monoisotopic (exact) mass is 369 g/mol. The fourth-order valence-electron chi connectivity index (χ4n) is 3.04. The van der Waals surface area contributed by atoms with Crippen molar-refractivity contribution in [3.05, 3.63) is 60.1 Å². The van der Waals surface area contributed by atoms with Crippen molar-refractivity contribution >= 4 is 29.4 Å². The first-order chi connectivity index (χ1) is 13.0.